The van der Waals surface area contributed by atoms with Crippen LogP contribution in [-0.4, -0.2) is 65.3 Å². The molecule has 2 aliphatic rings. The quantitative estimate of drug-likeness (QED) is 0.0253. The van der Waals surface area contributed by atoms with Crippen LogP contribution in [-0.2, 0) is 24.0 Å². The predicted octanol–water partition coefficient (Wildman–Crippen LogP) is 9.96. The molecule has 0 unspecified atom stereocenters. The number of rotatable bonds is 31. The van der Waals surface area contributed by atoms with E-state index in [0.717, 1.165) is 44.9 Å². The lowest BCUT2D eigenvalue weighted by molar-refractivity contribution is -0.144. The highest BCUT2D eigenvalue weighted by Crippen LogP contribution is 2.83. The molecule has 16 heteroatoms. The van der Waals surface area contributed by atoms with Gasteiger partial charge in [0.2, 0.25) is 5.91 Å². The summed E-state index contributed by atoms with van der Waals surface area (Å²) in [6.07, 6.45) is 20.6. The number of amides is 1. The van der Waals surface area contributed by atoms with Crippen LogP contribution in [0.15, 0.2) is 0 Å². The van der Waals surface area contributed by atoms with Crippen molar-refractivity contribution in [3.05, 3.63) is 0 Å². The zero-order valence-corrected chi connectivity index (χ0v) is 34.3. The average Bonchev–Trinajstić information content (AvgIpc) is 3.83. The van der Waals surface area contributed by atoms with E-state index in [-0.39, 0.29) is 31.0 Å². The number of ketones is 1. The van der Waals surface area contributed by atoms with Crippen LogP contribution in [0.1, 0.15) is 154 Å². The number of aliphatic carboxylic acids is 3. The molecule has 0 saturated carbocycles. The minimum Gasteiger partial charge on any atom is -0.481 e. The third kappa shape index (κ3) is 28.2. The van der Waals surface area contributed by atoms with Gasteiger partial charge in [-0.05, 0) is 60.1 Å². The molecule has 50 heavy (non-hydrogen) atoms. The summed E-state index contributed by atoms with van der Waals surface area (Å²) in [5, 5.41) is 30.8. The lowest BCUT2D eigenvalue weighted by atomic mass is 9.94. The topological polar surface area (TPSA) is 184 Å². The molecule has 10 nitrogen and oxygen atoms in total. The number of hydrogen-bond acceptors (Lipinski definition) is 12. The summed E-state index contributed by atoms with van der Waals surface area (Å²) in [5.74, 6) is -3.98. The molecular weight excluding hydrogens is 757 g/mol. The van der Waals surface area contributed by atoms with Gasteiger partial charge in [0.15, 0.2) is 2.74 Å². The Hall–Kier alpha value is -0.390. The van der Waals surface area contributed by atoms with Crippen molar-refractivity contribution in [1.82, 2.24) is 5.32 Å². The van der Waals surface area contributed by atoms with Crippen molar-refractivity contribution in [2.75, 3.05) is 11.6 Å². The first-order valence-corrected chi connectivity index (χ1v) is 25.0. The highest BCUT2D eigenvalue weighted by atomic mass is 33.2. The number of carboxylic acid groups (broad SMARTS) is 3. The molecule has 0 bridgehead atoms. The number of nitrogens with two attached hydrogens (primary N) is 1. The van der Waals surface area contributed by atoms with E-state index in [2.05, 4.69) is 5.32 Å². The zero-order chi connectivity index (χ0) is 36.9. The monoisotopic (exact) mass is 816 g/mol. The molecule has 1 amide bonds. The fraction of sp³-hybridized carbons (Fsp3) is 0.853. The second-order valence-corrected chi connectivity index (χ2v) is 22.3. The second-order valence-electron chi connectivity index (χ2n) is 12.8. The van der Waals surface area contributed by atoms with Crippen molar-refractivity contribution >= 4 is 94.4 Å². The van der Waals surface area contributed by atoms with E-state index in [9.17, 15) is 29.1 Å². The number of carbonyl (C=O) groups is 5. The van der Waals surface area contributed by atoms with Crippen LogP contribution in [0, 0.1) is 5.92 Å². The summed E-state index contributed by atoms with van der Waals surface area (Å²) < 4.78 is 0.521. The Morgan fingerprint density at radius 1 is 0.580 bits per heavy atom. The van der Waals surface area contributed by atoms with E-state index in [0.29, 0.717) is 41.4 Å². The Balaban J connectivity index is 0.00000133. The standard InChI is InChI=1S/C32H58N2O8.C2H2S6/c33-28(32(41)42)20-17-18-24-34-29(36)23-22-26(31(39)40)25-27(35)19-15-13-11-9-7-5-3-1-2-4-6-8-10-12-14-16-21-30(37)38;1-3-5-2(6-4-1)7-8-2/h26,28H,1-25,33H2,(H,34,36)(H,37,38)(H,39,40)(H,41,42);1H2/t26-,28+;/m1./s1. The third-order valence-corrected chi connectivity index (χ3v) is 21.3. The first kappa shape index (κ1) is 47.6. The SMILES string of the molecule is C1SSC2(SS1)SS2.N[C@@H](CCCCNC(=O)CC[C@H](CC(=O)CCCCCCCCCCCCCCCCCCC(=O)O)C(=O)O)C(=O)O. The summed E-state index contributed by atoms with van der Waals surface area (Å²) in [6.45, 7) is 0.378. The van der Waals surface area contributed by atoms with Gasteiger partial charge in [0, 0.05) is 32.2 Å². The average molecular weight is 817 g/mol. The molecule has 2 heterocycles. The molecule has 2 rings (SSSR count). The highest BCUT2D eigenvalue weighted by Gasteiger charge is 2.50. The fourth-order valence-corrected chi connectivity index (χ4v) is 18.3. The van der Waals surface area contributed by atoms with Crippen molar-refractivity contribution in [3.63, 3.8) is 0 Å². The summed E-state index contributed by atoms with van der Waals surface area (Å²) in [6, 6.07) is -0.905. The van der Waals surface area contributed by atoms with Crippen molar-refractivity contribution in [2.45, 2.75) is 163 Å². The summed E-state index contributed by atoms with van der Waals surface area (Å²) >= 11 is 0. The number of unbranched alkanes of at least 4 members (excludes halogenated alkanes) is 16. The van der Waals surface area contributed by atoms with Crippen molar-refractivity contribution in [1.29, 1.82) is 0 Å². The number of Topliss-reactive ketones (excluding diaryl/α,β-unsaturated/α-hetero) is 1. The molecule has 0 aliphatic carbocycles. The van der Waals surface area contributed by atoms with Crippen LogP contribution in [0.4, 0.5) is 0 Å². The lowest BCUT2D eigenvalue weighted by Gasteiger charge is -2.13. The minimum absolute atomic E-state index is 0.0382. The zero-order valence-electron chi connectivity index (χ0n) is 29.4. The maximum absolute atomic E-state index is 12.3. The van der Waals surface area contributed by atoms with Gasteiger partial charge in [0.25, 0.3) is 0 Å². The molecule has 2 saturated heterocycles. The Labute approximate surface area is 323 Å². The largest absolute Gasteiger partial charge is 0.481 e. The van der Waals surface area contributed by atoms with Gasteiger partial charge in [-0.3, -0.25) is 24.0 Å². The summed E-state index contributed by atoms with van der Waals surface area (Å²) in [7, 11) is 12.0. The molecule has 1 spiro atoms. The van der Waals surface area contributed by atoms with Crippen molar-refractivity contribution < 1.29 is 39.3 Å². The molecule has 290 valence electrons. The number of hydrogen-bond donors (Lipinski definition) is 5. The molecule has 2 atom stereocenters. The number of carbonyl (C=O) groups excluding carboxylic acids is 2. The van der Waals surface area contributed by atoms with E-state index in [1.165, 1.54) is 62.9 Å². The van der Waals surface area contributed by atoms with Gasteiger partial charge in [-0.25, -0.2) is 0 Å². The van der Waals surface area contributed by atoms with Gasteiger partial charge in [-0.1, -0.05) is 133 Å². The van der Waals surface area contributed by atoms with Gasteiger partial charge < -0.3 is 26.4 Å². The molecule has 0 aromatic heterocycles. The van der Waals surface area contributed by atoms with Gasteiger partial charge in [0.05, 0.1) is 11.0 Å². The Morgan fingerprint density at radius 2 is 1.06 bits per heavy atom. The van der Waals surface area contributed by atoms with E-state index >= 15 is 0 Å². The van der Waals surface area contributed by atoms with Crippen molar-refractivity contribution in [2.24, 2.45) is 11.7 Å². The second kappa shape index (κ2) is 31.0. The van der Waals surface area contributed by atoms with E-state index in [1.807, 2.05) is 64.8 Å². The summed E-state index contributed by atoms with van der Waals surface area (Å²) in [5.41, 5.74) is 5.43. The first-order valence-electron chi connectivity index (χ1n) is 18.2. The Bertz CT molecular complexity index is 968. The molecule has 2 fully saturated rings. The van der Waals surface area contributed by atoms with E-state index < -0.39 is 29.9 Å². The normalized spacial score (nSPS) is 15.8. The molecule has 0 aromatic rings. The van der Waals surface area contributed by atoms with Crippen LogP contribution >= 0.6 is 64.8 Å². The summed E-state index contributed by atoms with van der Waals surface area (Å²) in [4.78, 5) is 57.0. The van der Waals surface area contributed by atoms with Gasteiger partial charge in [-0.15, -0.1) is 0 Å². The third-order valence-electron chi connectivity index (χ3n) is 8.36. The molecule has 0 radical (unpaired) electrons. The minimum atomic E-state index is -1.05. The van der Waals surface area contributed by atoms with Crippen molar-refractivity contribution in [3.8, 4) is 0 Å². The van der Waals surface area contributed by atoms with E-state index in [1.54, 1.807) is 0 Å². The Kier molecular flexibility index (Phi) is 29.5. The molecular formula is C34H60N2O8S6. The predicted molar refractivity (Wildman–Crippen MR) is 216 cm³/mol. The fourth-order valence-electron chi connectivity index (χ4n) is 5.31. The van der Waals surface area contributed by atoms with Gasteiger partial charge in [-0.2, -0.15) is 0 Å². The van der Waals surface area contributed by atoms with Crippen LogP contribution in [0.2, 0.25) is 0 Å². The van der Waals surface area contributed by atoms with Gasteiger partial charge >= 0.3 is 17.9 Å². The van der Waals surface area contributed by atoms with Crippen LogP contribution < -0.4 is 11.1 Å². The molecule has 6 N–H and O–H groups in total. The lowest BCUT2D eigenvalue weighted by Crippen LogP contribution is -2.30. The molecule has 0 aromatic carbocycles. The smallest absolute Gasteiger partial charge is 0.320 e. The van der Waals surface area contributed by atoms with Crippen LogP contribution in [0.5, 0.6) is 0 Å². The molecule has 2 aliphatic heterocycles. The van der Waals surface area contributed by atoms with Crippen LogP contribution in [0.25, 0.3) is 0 Å². The van der Waals surface area contributed by atoms with E-state index in [4.69, 9.17) is 15.9 Å². The first-order chi connectivity index (χ1) is 24.0. The number of nitrogens with one attached hydrogen (secondary N) is 1. The van der Waals surface area contributed by atoms with Crippen LogP contribution in [0.3, 0.4) is 0 Å². The Morgan fingerprint density at radius 3 is 1.48 bits per heavy atom. The highest BCUT2D eigenvalue weighted by molar-refractivity contribution is 9.14. The number of carboxylic acids is 3. The maximum atomic E-state index is 12.3. The maximum Gasteiger partial charge on any atom is 0.320 e. The van der Waals surface area contributed by atoms with Gasteiger partial charge in [0.1, 0.15) is 11.8 Å².